The van der Waals surface area contributed by atoms with Crippen LogP contribution < -0.4 is 5.32 Å². The number of aromatic nitrogens is 2. The predicted octanol–water partition coefficient (Wildman–Crippen LogP) is 5.25. The smallest absolute Gasteiger partial charge is 0.237 e. The third-order valence-electron chi connectivity index (χ3n) is 7.41. The molecule has 142 valence electrons. The standard InChI is InChI=1S/C23H22ClN3O/c1-21(2)22(3)11-12-23(21,20(28)25-15-8-6-7-14(24)13-15)19-18(22)26-16-9-4-5-10-17(16)27-19/h4-10,13H,11-12H2,1-3H3,(H,25,28). The van der Waals surface area contributed by atoms with E-state index in [4.69, 9.17) is 21.6 Å². The van der Waals surface area contributed by atoms with Crippen LogP contribution in [0.15, 0.2) is 48.5 Å². The number of para-hydroxylation sites is 2. The number of hydrogen-bond donors (Lipinski definition) is 1. The summed E-state index contributed by atoms with van der Waals surface area (Å²) in [5.74, 6) is -0.0215. The number of benzene rings is 2. The first-order valence-corrected chi connectivity index (χ1v) is 10.0. The Kier molecular flexibility index (Phi) is 3.49. The second kappa shape index (κ2) is 5.54. The third kappa shape index (κ3) is 1.99. The lowest BCUT2D eigenvalue weighted by Gasteiger charge is -2.39. The van der Waals surface area contributed by atoms with E-state index in [2.05, 4.69) is 26.1 Å². The van der Waals surface area contributed by atoms with E-state index in [9.17, 15) is 4.79 Å². The molecule has 1 heterocycles. The van der Waals surface area contributed by atoms with Crippen molar-refractivity contribution in [3.05, 3.63) is 64.9 Å². The normalized spacial score (nSPS) is 27.0. The Morgan fingerprint density at radius 3 is 2.32 bits per heavy atom. The molecule has 4 nitrogen and oxygen atoms in total. The van der Waals surface area contributed by atoms with Crippen LogP contribution in [0.2, 0.25) is 5.02 Å². The number of anilines is 1. The number of fused-ring (bicyclic) bond motifs is 6. The first-order valence-electron chi connectivity index (χ1n) is 9.64. The number of hydrogen-bond acceptors (Lipinski definition) is 3. The van der Waals surface area contributed by atoms with Crippen molar-refractivity contribution in [1.82, 2.24) is 9.97 Å². The minimum absolute atomic E-state index is 0.0215. The van der Waals surface area contributed by atoms with Crippen molar-refractivity contribution >= 4 is 34.2 Å². The number of nitrogens with one attached hydrogen (secondary N) is 1. The molecule has 0 saturated heterocycles. The summed E-state index contributed by atoms with van der Waals surface area (Å²) in [6, 6.07) is 15.2. The highest BCUT2D eigenvalue weighted by Gasteiger charge is 2.73. The van der Waals surface area contributed by atoms with Crippen molar-refractivity contribution in [2.75, 3.05) is 5.32 Å². The number of rotatable bonds is 2. The third-order valence-corrected chi connectivity index (χ3v) is 7.65. The van der Waals surface area contributed by atoms with Crippen molar-refractivity contribution in [2.24, 2.45) is 5.41 Å². The van der Waals surface area contributed by atoms with Gasteiger partial charge >= 0.3 is 0 Å². The van der Waals surface area contributed by atoms with E-state index in [1.54, 1.807) is 12.1 Å². The average Bonchev–Trinajstić information content (AvgIpc) is 2.96. The maximum absolute atomic E-state index is 13.7. The molecule has 2 aliphatic rings. The molecule has 0 aliphatic heterocycles. The lowest BCUT2D eigenvalue weighted by Crippen LogP contribution is -2.48. The van der Waals surface area contributed by atoms with Crippen LogP contribution in [0.5, 0.6) is 0 Å². The summed E-state index contributed by atoms with van der Waals surface area (Å²) in [6.45, 7) is 6.61. The van der Waals surface area contributed by atoms with Crippen LogP contribution in [0.3, 0.4) is 0 Å². The van der Waals surface area contributed by atoms with Crippen LogP contribution in [0.4, 0.5) is 5.69 Å². The van der Waals surface area contributed by atoms with E-state index in [0.29, 0.717) is 10.7 Å². The molecule has 1 amide bonds. The highest BCUT2D eigenvalue weighted by molar-refractivity contribution is 6.30. The Morgan fingerprint density at radius 2 is 1.64 bits per heavy atom. The van der Waals surface area contributed by atoms with E-state index < -0.39 is 5.41 Å². The number of halogens is 1. The molecule has 0 radical (unpaired) electrons. The van der Waals surface area contributed by atoms with Crippen molar-refractivity contribution in [3.63, 3.8) is 0 Å². The van der Waals surface area contributed by atoms with Gasteiger partial charge in [-0.15, -0.1) is 0 Å². The lowest BCUT2D eigenvalue weighted by atomic mass is 9.63. The average molecular weight is 392 g/mol. The summed E-state index contributed by atoms with van der Waals surface area (Å²) >= 11 is 6.12. The van der Waals surface area contributed by atoms with Crippen LogP contribution in [0.1, 0.15) is 45.0 Å². The fourth-order valence-electron chi connectivity index (χ4n) is 5.35. The minimum Gasteiger partial charge on any atom is -0.325 e. The Bertz CT molecular complexity index is 1140. The molecule has 5 heteroatoms. The number of nitrogens with zero attached hydrogens (tertiary/aromatic N) is 2. The summed E-state index contributed by atoms with van der Waals surface area (Å²) in [7, 11) is 0. The minimum atomic E-state index is -0.712. The molecule has 3 aromatic rings. The molecule has 1 fully saturated rings. The summed E-state index contributed by atoms with van der Waals surface area (Å²) in [6.07, 6.45) is 1.69. The van der Waals surface area contributed by atoms with Crippen molar-refractivity contribution in [3.8, 4) is 0 Å². The van der Waals surface area contributed by atoms with Gasteiger partial charge in [0, 0.05) is 16.1 Å². The van der Waals surface area contributed by atoms with Gasteiger partial charge in [-0.05, 0) is 48.6 Å². The van der Waals surface area contributed by atoms with E-state index in [1.807, 2.05) is 36.4 Å². The van der Waals surface area contributed by atoms with Crippen LogP contribution >= 0.6 is 11.6 Å². The second-order valence-electron chi connectivity index (χ2n) is 8.74. The fourth-order valence-corrected chi connectivity index (χ4v) is 5.54. The maximum atomic E-state index is 13.7. The van der Waals surface area contributed by atoms with Gasteiger partial charge in [0.2, 0.25) is 5.91 Å². The van der Waals surface area contributed by atoms with Gasteiger partial charge in [0.05, 0.1) is 27.8 Å². The largest absolute Gasteiger partial charge is 0.325 e. The molecular weight excluding hydrogens is 370 g/mol. The van der Waals surface area contributed by atoms with Crippen LogP contribution in [-0.4, -0.2) is 15.9 Å². The summed E-state index contributed by atoms with van der Waals surface area (Å²) in [5.41, 5.74) is 3.04. The van der Waals surface area contributed by atoms with Crippen molar-refractivity contribution in [1.29, 1.82) is 0 Å². The van der Waals surface area contributed by atoms with E-state index >= 15 is 0 Å². The molecule has 2 unspecified atom stereocenters. The van der Waals surface area contributed by atoms with Gasteiger partial charge in [-0.1, -0.05) is 50.6 Å². The SMILES string of the molecule is CC12CCC(C(=O)Nc3cccc(Cl)c3)(c3nc4ccccc4nc31)C2(C)C. The topological polar surface area (TPSA) is 54.9 Å². The fraction of sp³-hybridized carbons (Fsp3) is 0.348. The Labute approximate surface area is 169 Å². The van der Waals surface area contributed by atoms with Crippen LogP contribution in [0.25, 0.3) is 11.0 Å². The molecule has 2 aromatic carbocycles. The Balaban J connectivity index is 1.70. The summed E-state index contributed by atoms with van der Waals surface area (Å²) in [4.78, 5) is 23.7. The van der Waals surface area contributed by atoms with Gasteiger partial charge in [-0.25, -0.2) is 9.97 Å². The first kappa shape index (κ1) is 17.6. The van der Waals surface area contributed by atoms with Gasteiger partial charge in [0.1, 0.15) is 0 Å². The Hall–Kier alpha value is -2.46. The number of carbonyl (C=O) groups is 1. The van der Waals surface area contributed by atoms with Crippen LogP contribution in [-0.2, 0) is 15.6 Å². The zero-order valence-corrected chi connectivity index (χ0v) is 17.0. The molecule has 2 aliphatic carbocycles. The molecule has 0 spiro atoms. The van der Waals surface area contributed by atoms with Crippen molar-refractivity contribution in [2.45, 2.75) is 44.4 Å². The molecule has 1 N–H and O–H groups in total. The molecule has 2 atom stereocenters. The lowest BCUT2D eigenvalue weighted by molar-refractivity contribution is -0.125. The first-order chi connectivity index (χ1) is 13.3. The van der Waals surface area contributed by atoms with Gasteiger partial charge < -0.3 is 5.32 Å². The van der Waals surface area contributed by atoms with Gasteiger partial charge in [0.25, 0.3) is 0 Å². The van der Waals surface area contributed by atoms with Gasteiger partial charge in [-0.2, -0.15) is 0 Å². The van der Waals surface area contributed by atoms with Gasteiger partial charge in [0.15, 0.2) is 0 Å². The van der Waals surface area contributed by atoms with Crippen LogP contribution in [0, 0.1) is 5.41 Å². The molecule has 2 bridgehead atoms. The molecule has 28 heavy (non-hydrogen) atoms. The monoisotopic (exact) mass is 391 g/mol. The predicted molar refractivity (Wildman–Crippen MR) is 112 cm³/mol. The van der Waals surface area contributed by atoms with E-state index in [-0.39, 0.29) is 16.7 Å². The molecule has 1 aromatic heterocycles. The quantitative estimate of drug-likeness (QED) is 0.649. The molecular formula is C23H22ClN3O. The highest BCUT2D eigenvalue weighted by Crippen LogP contribution is 2.70. The summed E-state index contributed by atoms with van der Waals surface area (Å²) < 4.78 is 0. The molecule has 5 rings (SSSR count). The maximum Gasteiger partial charge on any atom is 0.237 e. The van der Waals surface area contributed by atoms with Gasteiger partial charge in [-0.3, -0.25) is 4.79 Å². The molecule has 1 saturated carbocycles. The summed E-state index contributed by atoms with van der Waals surface area (Å²) in [5, 5.41) is 3.71. The van der Waals surface area contributed by atoms with E-state index in [0.717, 1.165) is 35.3 Å². The number of carbonyl (C=O) groups excluding carboxylic acids is 1. The zero-order valence-electron chi connectivity index (χ0n) is 16.2. The van der Waals surface area contributed by atoms with E-state index in [1.165, 1.54) is 0 Å². The Morgan fingerprint density at radius 1 is 0.964 bits per heavy atom. The second-order valence-corrected chi connectivity index (χ2v) is 9.17. The highest BCUT2D eigenvalue weighted by atomic mass is 35.5. The number of amides is 1. The van der Waals surface area contributed by atoms with Crippen molar-refractivity contribution < 1.29 is 4.79 Å². The zero-order chi connectivity index (χ0) is 19.7.